The van der Waals surface area contributed by atoms with E-state index < -0.39 is 59.6 Å². The SMILES string of the molecule is Cc1cc(F)ccc1[C@@H]1CN(C(=O)NCCO)CC[C@H]1C(=O)N(C)Cc1cc(C(F)(F)F)cc(C(F)(F)F)c1. The van der Waals surface area contributed by atoms with Gasteiger partial charge >= 0.3 is 18.4 Å². The molecule has 0 spiro atoms. The summed E-state index contributed by atoms with van der Waals surface area (Å²) >= 11 is 0. The number of urea groups is 1. The zero-order chi connectivity index (χ0) is 29.1. The maximum Gasteiger partial charge on any atom is 0.416 e. The fourth-order valence-corrected chi connectivity index (χ4v) is 4.82. The van der Waals surface area contributed by atoms with Crippen molar-refractivity contribution in [2.75, 3.05) is 33.3 Å². The molecule has 3 amide bonds. The third-order valence-electron chi connectivity index (χ3n) is 6.68. The lowest BCUT2D eigenvalue weighted by Gasteiger charge is -2.40. The minimum atomic E-state index is -5.02. The molecule has 0 saturated carbocycles. The van der Waals surface area contributed by atoms with Crippen molar-refractivity contribution in [3.8, 4) is 0 Å². The van der Waals surface area contributed by atoms with E-state index in [1.807, 2.05) is 0 Å². The summed E-state index contributed by atoms with van der Waals surface area (Å²) in [5.74, 6) is -2.45. The predicted octanol–water partition coefficient (Wildman–Crippen LogP) is 4.94. The number of hydrogen-bond donors (Lipinski definition) is 2. The van der Waals surface area contributed by atoms with E-state index in [0.29, 0.717) is 23.3 Å². The number of piperidine rings is 1. The van der Waals surface area contributed by atoms with Crippen LogP contribution in [0.3, 0.4) is 0 Å². The molecule has 1 aliphatic rings. The van der Waals surface area contributed by atoms with Gasteiger partial charge in [0.15, 0.2) is 0 Å². The number of aliphatic hydroxyl groups excluding tert-OH is 1. The predicted molar refractivity (Wildman–Crippen MR) is 127 cm³/mol. The third kappa shape index (κ3) is 7.40. The Balaban J connectivity index is 1.90. The summed E-state index contributed by atoms with van der Waals surface area (Å²) in [6.45, 7) is 1.04. The van der Waals surface area contributed by atoms with Crippen LogP contribution in [0.5, 0.6) is 0 Å². The molecule has 0 radical (unpaired) electrons. The number of carbonyl (C=O) groups excluding carboxylic acids is 2. The Kier molecular flexibility index (Phi) is 9.14. The Morgan fingerprint density at radius 3 is 2.21 bits per heavy atom. The molecular formula is C26H28F7N3O3. The van der Waals surface area contributed by atoms with Gasteiger partial charge in [-0.15, -0.1) is 0 Å². The van der Waals surface area contributed by atoms with Gasteiger partial charge in [0.05, 0.1) is 17.7 Å². The average Bonchev–Trinajstić information content (AvgIpc) is 2.85. The van der Waals surface area contributed by atoms with Gasteiger partial charge in [-0.25, -0.2) is 9.18 Å². The van der Waals surface area contributed by atoms with E-state index in [1.165, 1.54) is 30.1 Å². The average molecular weight is 564 g/mol. The second-order valence-electron chi connectivity index (χ2n) is 9.51. The Hall–Kier alpha value is -3.35. The lowest BCUT2D eigenvalue weighted by molar-refractivity contribution is -0.143. The van der Waals surface area contributed by atoms with E-state index in [0.717, 1.165) is 4.90 Å². The monoisotopic (exact) mass is 563 g/mol. The van der Waals surface area contributed by atoms with Gasteiger partial charge in [-0.1, -0.05) is 6.07 Å². The highest BCUT2D eigenvalue weighted by Crippen LogP contribution is 2.38. The molecule has 39 heavy (non-hydrogen) atoms. The van der Waals surface area contributed by atoms with Crippen LogP contribution in [-0.2, 0) is 23.7 Å². The first-order chi connectivity index (χ1) is 18.1. The second kappa shape index (κ2) is 11.8. The standard InChI is InChI=1S/C26H28F7N3O3/c1-15-9-19(27)3-4-20(15)22-14-36(24(39)34-6-8-37)7-5-21(22)23(38)35(2)13-16-10-17(25(28,29)30)12-18(11-16)26(31,32)33/h3-4,9-12,21-22,37H,5-8,13-14H2,1-2H3,(H,34,39)/t21-,22+/m1/s1. The molecule has 1 heterocycles. The zero-order valence-electron chi connectivity index (χ0n) is 21.2. The molecule has 2 aromatic rings. The highest BCUT2D eigenvalue weighted by molar-refractivity contribution is 5.81. The smallest absolute Gasteiger partial charge is 0.395 e. The molecule has 0 aromatic heterocycles. The summed E-state index contributed by atoms with van der Waals surface area (Å²) in [5.41, 5.74) is -2.19. The number of benzene rings is 2. The van der Waals surface area contributed by atoms with E-state index >= 15 is 0 Å². The minimum Gasteiger partial charge on any atom is -0.395 e. The lowest BCUT2D eigenvalue weighted by Crippen LogP contribution is -2.50. The Morgan fingerprint density at radius 1 is 1.05 bits per heavy atom. The van der Waals surface area contributed by atoms with Crippen molar-refractivity contribution in [3.63, 3.8) is 0 Å². The number of halogens is 7. The van der Waals surface area contributed by atoms with Crippen molar-refractivity contribution in [1.29, 1.82) is 0 Å². The van der Waals surface area contributed by atoms with Gasteiger partial charge in [0.1, 0.15) is 5.82 Å². The summed E-state index contributed by atoms with van der Waals surface area (Å²) in [4.78, 5) is 28.5. The number of amides is 3. The number of nitrogens with zero attached hydrogens (tertiary/aromatic N) is 2. The van der Waals surface area contributed by atoms with Gasteiger partial charge in [0.25, 0.3) is 0 Å². The summed E-state index contributed by atoms with van der Waals surface area (Å²) < 4.78 is 93.5. The number of carbonyl (C=O) groups is 2. The molecule has 13 heteroatoms. The fraction of sp³-hybridized carbons (Fsp3) is 0.462. The maximum atomic E-state index is 13.8. The molecule has 0 bridgehead atoms. The van der Waals surface area contributed by atoms with E-state index in [9.17, 15) is 40.3 Å². The largest absolute Gasteiger partial charge is 0.416 e. The number of rotatable bonds is 6. The molecule has 0 unspecified atom stereocenters. The number of hydrogen-bond acceptors (Lipinski definition) is 3. The van der Waals surface area contributed by atoms with Crippen LogP contribution in [0.1, 0.15) is 40.2 Å². The fourth-order valence-electron chi connectivity index (χ4n) is 4.82. The molecule has 6 nitrogen and oxygen atoms in total. The van der Waals surface area contributed by atoms with Gasteiger partial charge in [0, 0.05) is 45.1 Å². The van der Waals surface area contributed by atoms with Crippen molar-refractivity contribution in [3.05, 3.63) is 70.0 Å². The van der Waals surface area contributed by atoms with E-state index in [4.69, 9.17) is 5.11 Å². The Bertz CT molecular complexity index is 1170. The van der Waals surface area contributed by atoms with Crippen LogP contribution in [0, 0.1) is 18.7 Å². The molecule has 3 rings (SSSR count). The first-order valence-corrected chi connectivity index (χ1v) is 12.0. The van der Waals surface area contributed by atoms with Crippen molar-refractivity contribution in [2.24, 2.45) is 5.92 Å². The number of aryl methyl sites for hydroxylation is 1. The van der Waals surface area contributed by atoms with Crippen LogP contribution in [0.2, 0.25) is 0 Å². The number of aliphatic hydroxyl groups is 1. The van der Waals surface area contributed by atoms with Crippen LogP contribution >= 0.6 is 0 Å². The highest BCUT2D eigenvalue weighted by atomic mass is 19.4. The molecule has 1 saturated heterocycles. The first-order valence-electron chi connectivity index (χ1n) is 12.0. The van der Waals surface area contributed by atoms with Gasteiger partial charge in [0.2, 0.25) is 5.91 Å². The van der Waals surface area contributed by atoms with Crippen LogP contribution in [-0.4, -0.2) is 60.1 Å². The van der Waals surface area contributed by atoms with Gasteiger partial charge in [-0.05, 0) is 60.4 Å². The highest BCUT2D eigenvalue weighted by Gasteiger charge is 2.40. The molecule has 1 aliphatic heterocycles. The summed E-state index contributed by atoms with van der Waals surface area (Å²) in [7, 11) is 1.28. The molecule has 2 atom stereocenters. The molecule has 214 valence electrons. The van der Waals surface area contributed by atoms with Crippen LogP contribution in [0.15, 0.2) is 36.4 Å². The van der Waals surface area contributed by atoms with Crippen molar-refractivity contribution < 1.29 is 45.4 Å². The molecule has 1 fully saturated rings. The maximum absolute atomic E-state index is 13.8. The van der Waals surface area contributed by atoms with Crippen molar-refractivity contribution in [2.45, 2.75) is 38.2 Å². The van der Waals surface area contributed by atoms with Crippen molar-refractivity contribution >= 4 is 11.9 Å². The van der Waals surface area contributed by atoms with Crippen LogP contribution in [0.4, 0.5) is 35.5 Å². The second-order valence-corrected chi connectivity index (χ2v) is 9.51. The van der Waals surface area contributed by atoms with E-state index in [1.54, 1.807) is 6.92 Å². The molecule has 2 aromatic carbocycles. The van der Waals surface area contributed by atoms with E-state index in [-0.39, 0.29) is 44.3 Å². The van der Waals surface area contributed by atoms with Crippen LogP contribution < -0.4 is 5.32 Å². The number of nitrogens with one attached hydrogen (secondary N) is 1. The molecular weight excluding hydrogens is 535 g/mol. The molecule has 2 N–H and O–H groups in total. The Morgan fingerprint density at radius 2 is 1.67 bits per heavy atom. The van der Waals surface area contributed by atoms with Crippen molar-refractivity contribution in [1.82, 2.24) is 15.1 Å². The normalized spacial score (nSPS) is 18.2. The Labute approximate surface area is 220 Å². The topological polar surface area (TPSA) is 72.9 Å². The quantitative estimate of drug-likeness (QED) is 0.490. The zero-order valence-corrected chi connectivity index (χ0v) is 21.2. The summed E-state index contributed by atoms with van der Waals surface area (Å²) in [5, 5.41) is 11.5. The third-order valence-corrected chi connectivity index (χ3v) is 6.68. The van der Waals surface area contributed by atoms with Gasteiger partial charge in [-0.2, -0.15) is 26.3 Å². The lowest BCUT2D eigenvalue weighted by atomic mass is 9.78. The van der Waals surface area contributed by atoms with E-state index in [2.05, 4.69) is 5.32 Å². The van der Waals surface area contributed by atoms with Crippen LogP contribution in [0.25, 0.3) is 0 Å². The van der Waals surface area contributed by atoms with Gasteiger partial charge in [-0.3, -0.25) is 4.79 Å². The summed E-state index contributed by atoms with van der Waals surface area (Å²) in [6, 6.07) is 4.68. The summed E-state index contributed by atoms with van der Waals surface area (Å²) in [6.07, 6.45) is -9.89. The minimum absolute atomic E-state index is 0.0115. The van der Waals surface area contributed by atoms with Gasteiger partial charge < -0.3 is 20.2 Å². The number of alkyl halides is 6. The first kappa shape index (κ1) is 30.2. The molecule has 0 aliphatic carbocycles. The number of likely N-dealkylation sites (tertiary alicyclic amines) is 1.